The van der Waals surface area contributed by atoms with E-state index < -0.39 is 15.9 Å². The monoisotopic (exact) mass is 421 g/mol. The van der Waals surface area contributed by atoms with Gasteiger partial charge in [0, 0.05) is 17.1 Å². The number of carbonyl (C=O) groups excluding carboxylic acids is 1. The first-order chi connectivity index (χ1) is 14.5. The Labute approximate surface area is 173 Å². The minimum atomic E-state index is -3.83. The van der Waals surface area contributed by atoms with Gasteiger partial charge in [-0.15, -0.1) is 0 Å². The van der Waals surface area contributed by atoms with E-state index in [1.165, 1.54) is 34.4 Å². The summed E-state index contributed by atoms with van der Waals surface area (Å²) in [6, 6.07) is 22.3. The summed E-state index contributed by atoms with van der Waals surface area (Å²) in [6.07, 6.45) is 1.50. The molecule has 0 aliphatic carbocycles. The van der Waals surface area contributed by atoms with Gasteiger partial charge in [-0.3, -0.25) is 10.2 Å². The van der Waals surface area contributed by atoms with E-state index in [-0.39, 0.29) is 10.5 Å². The highest BCUT2D eigenvalue weighted by Gasteiger charge is 2.19. The summed E-state index contributed by atoms with van der Waals surface area (Å²) in [5.41, 5.74) is 3.86. The number of carbonyl (C=O) groups is 1. The Kier molecular flexibility index (Phi) is 5.26. The number of nitrogens with one attached hydrogen (secondary N) is 1. The zero-order chi connectivity index (χ0) is 21.1. The van der Waals surface area contributed by atoms with Crippen LogP contribution in [0.3, 0.4) is 0 Å². The molecule has 1 heterocycles. The number of hydrazine groups is 1. The normalized spacial score (nSPS) is 11.4. The van der Waals surface area contributed by atoms with E-state index in [1.54, 1.807) is 24.3 Å². The number of rotatable bonds is 6. The topological polar surface area (TPSA) is 103 Å². The molecule has 0 atom stereocenters. The van der Waals surface area contributed by atoms with Gasteiger partial charge in [0.25, 0.3) is 15.9 Å². The number of hydrogen-bond donors (Lipinski definition) is 2. The number of ether oxygens (including phenoxy) is 1. The van der Waals surface area contributed by atoms with Crippen LogP contribution in [0.2, 0.25) is 0 Å². The van der Waals surface area contributed by atoms with Crippen LogP contribution in [0.5, 0.6) is 5.75 Å². The summed E-state index contributed by atoms with van der Waals surface area (Å²) in [6.45, 7) is 0.425. The molecule has 0 radical (unpaired) electrons. The standard InChI is InChI=1S/C22H19N3O4S/c23-24-22(26)17-6-9-20(10-7-17)30(27,28)25-13-12-18-14-19(8-11-21(18)25)29-15-16-4-2-1-3-5-16/h1-14H,15,23H2,(H,24,26). The minimum absolute atomic E-state index is 0.0676. The highest BCUT2D eigenvalue weighted by Crippen LogP contribution is 2.26. The maximum atomic E-state index is 13.1. The van der Waals surface area contributed by atoms with Gasteiger partial charge in [-0.25, -0.2) is 18.2 Å². The van der Waals surface area contributed by atoms with Crippen molar-refractivity contribution in [3.05, 3.63) is 96.2 Å². The van der Waals surface area contributed by atoms with Crippen LogP contribution in [0.25, 0.3) is 10.9 Å². The second-order valence-corrected chi connectivity index (χ2v) is 8.42. The molecule has 3 aromatic carbocycles. The molecular weight excluding hydrogens is 402 g/mol. The number of fused-ring (bicyclic) bond motifs is 1. The van der Waals surface area contributed by atoms with Gasteiger partial charge in [-0.1, -0.05) is 30.3 Å². The molecular formula is C22H19N3O4S. The molecule has 0 fully saturated rings. The van der Waals surface area contributed by atoms with Crippen LogP contribution in [0.1, 0.15) is 15.9 Å². The van der Waals surface area contributed by atoms with E-state index in [1.807, 2.05) is 35.8 Å². The summed E-state index contributed by atoms with van der Waals surface area (Å²) < 4.78 is 33.2. The van der Waals surface area contributed by atoms with Crippen molar-refractivity contribution in [2.24, 2.45) is 5.84 Å². The quantitative estimate of drug-likeness (QED) is 0.283. The van der Waals surface area contributed by atoms with E-state index in [9.17, 15) is 13.2 Å². The molecule has 3 N–H and O–H groups in total. The van der Waals surface area contributed by atoms with Gasteiger partial charge in [0.05, 0.1) is 10.4 Å². The Bertz CT molecular complexity index is 1300. The van der Waals surface area contributed by atoms with Crippen molar-refractivity contribution >= 4 is 26.8 Å². The number of nitrogens with zero attached hydrogens (tertiary/aromatic N) is 1. The smallest absolute Gasteiger partial charge is 0.268 e. The lowest BCUT2D eigenvalue weighted by Crippen LogP contribution is -2.29. The first-order valence-corrected chi connectivity index (χ1v) is 10.6. The van der Waals surface area contributed by atoms with Crippen LogP contribution in [0, 0.1) is 0 Å². The van der Waals surface area contributed by atoms with Crippen molar-refractivity contribution < 1.29 is 17.9 Å². The highest BCUT2D eigenvalue weighted by molar-refractivity contribution is 7.90. The third-order valence-electron chi connectivity index (χ3n) is 4.68. The molecule has 1 amide bonds. The van der Waals surface area contributed by atoms with Gasteiger partial charge in [0.15, 0.2) is 0 Å². The summed E-state index contributed by atoms with van der Waals surface area (Å²) in [5, 5.41) is 0.739. The van der Waals surface area contributed by atoms with Crippen molar-refractivity contribution in [3.8, 4) is 5.75 Å². The van der Waals surface area contributed by atoms with Crippen molar-refractivity contribution in [1.29, 1.82) is 0 Å². The number of benzene rings is 3. The lowest BCUT2D eigenvalue weighted by atomic mass is 10.2. The Balaban J connectivity index is 1.60. The molecule has 0 saturated carbocycles. The summed E-state index contributed by atoms with van der Waals surface area (Å²) in [5.74, 6) is 5.26. The summed E-state index contributed by atoms with van der Waals surface area (Å²) >= 11 is 0. The van der Waals surface area contributed by atoms with Crippen LogP contribution < -0.4 is 16.0 Å². The largest absolute Gasteiger partial charge is 0.489 e. The zero-order valence-corrected chi connectivity index (χ0v) is 16.7. The van der Waals surface area contributed by atoms with Gasteiger partial charge >= 0.3 is 0 Å². The minimum Gasteiger partial charge on any atom is -0.489 e. The average Bonchev–Trinajstić information content (AvgIpc) is 3.22. The maximum Gasteiger partial charge on any atom is 0.268 e. The number of amides is 1. The summed E-state index contributed by atoms with van der Waals surface area (Å²) in [7, 11) is -3.83. The lowest BCUT2D eigenvalue weighted by Gasteiger charge is -2.10. The van der Waals surface area contributed by atoms with E-state index >= 15 is 0 Å². The Hall–Kier alpha value is -3.62. The lowest BCUT2D eigenvalue weighted by molar-refractivity contribution is 0.0953. The molecule has 0 spiro atoms. The van der Waals surface area contributed by atoms with Crippen molar-refractivity contribution in [3.63, 3.8) is 0 Å². The molecule has 1 aromatic heterocycles. The van der Waals surface area contributed by atoms with E-state index in [0.717, 1.165) is 10.9 Å². The number of hydrogen-bond acceptors (Lipinski definition) is 5. The molecule has 30 heavy (non-hydrogen) atoms. The van der Waals surface area contributed by atoms with Crippen LogP contribution in [0.15, 0.2) is 90.0 Å². The Morgan fingerprint density at radius 1 is 0.967 bits per heavy atom. The predicted octanol–water partition coefficient (Wildman–Crippen LogP) is 3.06. The molecule has 0 unspecified atom stereocenters. The van der Waals surface area contributed by atoms with E-state index in [4.69, 9.17) is 10.6 Å². The molecule has 4 aromatic rings. The molecule has 8 heteroatoms. The zero-order valence-electron chi connectivity index (χ0n) is 15.9. The molecule has 4 rings (SSSR count). The van der Waals surface area contributed by atoms with Crippen LogP contribution in [-0.2, 0) is 16.6 Å². The van der Waals surface area contributed by atoms with Gasteiger partial charge in [-0.05, 0) is 54.1 Å². The molecule has 0 aliphatic heterocycles. The van der Waals surface area contributed by atoms with Gasteiger partial charge in [0.1, 0.15) is 12.4 Å². The maximum absolute atomic E-state index is 13.1. The first-order valence-electron chi connectivity index (χ1n) is 9.13. The van der Waals surface area contributed by atoms with E-state index in [0.29, 0.717) is 17.9 Å². The molecule has 0 saturated heterocycles. The average molecular weight is 421 g/mol. The number of aromatic nitrogens is 1. The number of nitrogen functional groups attached to an aromatic ring is 1. The second kappa shape index (κ2) is 8.02. The van der Waals surface area contributed by atoms with Crippen LogP contribution >= 0.6 is 0 Å². The van der Waals surface area contributed by atoms with Crippen molar-refractivity contribution in [2.75, 3.05) is 0 Å². The Morgan fingerprint density at radius 2 is 1.70 bits per heavy atom. The third-order valence-corrected chi connectivity index (χ3v) is 6.38. The van der Waals surface area contributed by atoms with E-state index in [2.05, 4.69) is 0 Å². The van der Waals surface area contributed by atoms with Gasteiger partial charge in [0.2, 0.25) is 0 Å². The SMILES string of the molecule is NNC(=O)c1ccc(S(=O)(=O)n2ccc3cc(OCc4ccccc4)ccc32)cc1. The molecule has 0 bridgehead atoms. The van der Waals surface area contributed by atoms with Crippen LogP contribution in [-0.4, -0.2) is 18.3 Å². The fourth-order valence-electron chi connectivity index (χ4n) is 3.11. The van der Waals surface area contributed by atoms with Crippen molar-refractivity contribution in [2.45, 2.75) is 11.5 Å². The number of nitrogens with two attached hydrogens (primary N) is 1. The fraction of sp³-hybridized carbons (Fsp3) is 0.0455. The van der Waals surface area contributed by atoms with Gasteiger partial charge < -0.3 is 4.74 Å². The second-order valence-electron chi connectivity index (χ2n) is 6.61. The fourth-order valence-corrected chi connectivity index (χ4v) is 4.46. The summed E-state index contributed by atoms with van der Waals surface area (Å²) in [4.78, 5) is 11.6. The molecule has 0 aliphatic rings. The van der Waals surface area contributed by atoms with Crippen LogP contribution in [0.4, 0.5) is 0 Å². The van der Waals surface area contributed by atoms with Crippen molar-refractivity contribution in [1.82, 2.24) is 9.40 Å². The first kappa shape index (κ1) is 19.7. The molecule has 152 valence electrons. The third kappa shape index (κ3) is 3.78. The predicted molar refractivity (Wildman–Crippen MR) is 113 cm³/mol. The van der Waals surface area contributed by atoms with Gasteiger partial charge in [-0.2, -0.15) is 0 Å². The Morgan fingerprint density at radius 3 is 2.40 bits per heavy atom. The molecule has 7 nitrogen and oxygen atoms in total. The highest BCUT2D eigenvalue weighted by atomic mass is 32.2.